The van der Waals surface area contributed by atoms with Gasteiger partial charge in [0, 0.05) is 19.3 Å². The fourth-order valence-corrected chi connectivity index (χ4v) is 2.42. The van der Waals surface area contributed by atoms with Crippen molar-refractivity contribution in [3.8, 4) is 0 Å². The van der Waals surface area contributed by atoms with Gasteiger partial charge in [-0.2, -0.15) is 0 Å². The third-order valence-electron chi connectivity index (χ3n) is 3.59. The largest absolute Gasteiger partial charge is 0.390 e. The number of anilines is 1. The topological polar surface area (TPSA) is 48.4 Å². The minimum Gasteiger partial charge on any atom is -0.390 e. The zero-order chi connectivity index (χ0) is 13.7. The van der Waals surface area contributed by atoms with Crippen LogP contribution in [0.25, 0.3) is 0 Å². The highest BCUT2D eigenvalue weighted by molar-refractivity contribution is 6.30. The Labute approximate surface area is 119 Å². The lowest BCUT2D eigenvalue weighted by Crippen LogP contribution is -2.40. The summed E-state index contributed by atoms with van der Waals surface area (Å²) in [5.74, 6) is 1.57. The van der Waals surface area contributed by atoms with Gasteiger partial charge in [-0.15, -0.1) is 0 Å². The molecule has 0 saturated carbocycles. The average Bonchev–Trinajstić information content (AvgIpc) is 2.41. The molecule has 0 spiro atoms. The highest BCUT2D eigenvalue weighted by Crippen LogP contribution is 2.16. The lowest BCUT2D eigenvalue weighted by atomic mass is 9.99. The summed E-state index contributed by atoms with van der Waals surface area (Å²) >= 11 is 5.77. The van der Waals surface area contributed by atoms with Crippen LogP contribution in [0.3, 0.4) is 0 Å². The minimum absolute atomic E-state index is 0.370. The van der Waals surface area contributed by atoms with Crippen molar-refractivity contribution in [2.45, 2.75) is 25.9 Å². The fraction of sp³-hybridized carbons (Fsp3) is 0.643. The third kappa shape index (κ3) is 4.97. The number of rotatable bonds is 5. The Morgan fingerprint density at radius 1 is 1.47 bits per heavy atom. The van der Waals surface area contributed by atoms with Gasteiger partial charge >= 0.3 is 0 Å². The number of halogens is 1. The number of hydrogen-bond acceptors (Lipinski definition) is 4. The molecule has 19 heavy (non-hydrogen) atoms. The molecule has 1 aromatic heterocycles. The Balaban J connectivity index is 1.69. The van der Waals surface area contributed by atoms with Gasteiger partial charge in [-0.3, -0.25) is 0 Å². The van der Waals surface area contributed by atoms with E-state index in [9.17, 15) is 5.11 Å². The van der Waals surface area contributed by atoms with Crippen molar-refractivity contribution in [1.29, 1.82) is 0 Å². The summed E-state index contributed by atoms with van der Waals surface area (Å²) in [7, 11) is 0. The van der Waals surface area contributed by atoms with Crippen molar-refractivity contribution < 1.29 is 5.11 Å². The third-order valence-corrected chi connectivity index (χ3v) is 3.81. The summed E-state index contributed by atoms with van der Waals surface area (Å²) in [5.41, 5.74) is 0. The molecule has 0 bridgehead atoms. The van der Waals surface area contributed by atoms with Crippen molar-refractivity contribution in [2.24, 2.45) is 5.92 Å². The maximum atomic E-state index is 10.0. The normalized spacial score (nSPS) is 19.3. The molecular weight excluding hydrogens is 262 g/mol. The smallest absolute Gasteiger partial charge is 0.126 e. The molecule has 1 saturated heterocycles. The number of aliphatic hydroxyl groups excluding tert-OH is 1. The molecule has 1 atom stereocenters. The van der Waals surface area contributed by atoms with Crippen LogP contribution in [0.1, 0.15) is 19.8 Å². The number of aliphatic hydroxyl groups is 1. The van der Waals surface area contributed by atoms with E-state index in [1.165, 1.54) is 12.8 Å². The van der Waals surface area contributed by atoms with E-state index in [-0.39, 0.29) is 6.10 Å². The van der Waals surface area contributed by atoms with Crippen molar-refractivity contribution in [3.63, 3.8) is 0 Å². The number of piperidine rings is 1. The predicted molar refractivity (Wildman–Crippen MR) is 78.6 cm³/mol. The molecule has 2 heterocycles. The van der Waals surface area contributed by atoms with Gasteiger partial charge in [0.05, 0.1) is 11.1 Å². The Morgan fingerprint density at radius 3 is 2.84 bits per heavy atom. The molecule has 0 unspecified atom stereocenters. The SMILES string of the molecule is CC1CCN(C[C@@H](O)CNc2ccc(Cl)cn2)CC1. The summed E-state index contributed by atoms with van der Waals surface area (Å²) in [5, 5.41) is 13.8. The van der Waals surface area contributed by atoms with E-state index in [0.29, 0.717) is 11.6 Å². The molecule has 1 aromatic rings. The Bertz CT molecular complexity index is 377. The average molecular weight is 284 g/mol. The van der Waals surface area contributed by atoms with E-state index in [4.69, 9.17) is 11.6 Å². The first-order valence-electron chi connectivity index (χ1n) is 6.89. The van der Waals surface area contributed by atoms with Gasteiger partial charge in [0.1, 0.15) is 5.82 Å². The Hall–Kier alpha value is -0.840. The quantitative estimate of drug-likeness (QED) is 0.870. The van der Waals surface area contributed by atoms with Crippen LogP contribution in [0, 0.1) is 5.92 Å². The van der Waals surface area contributed by atoms with Crippen LogP contribution in [-0.2, 0) is 0 Å². The molecule has 1 aliphatic heterocycles. The van der Waals surface area contributed by atoms with Gasteiger partial charge in [0.2, 0.25) is 0 Å². The molecule has 1 aliphatic rings. The predicted octanol–water partition coefficient (Wildman–Crippen LogP) is 2.24. The standard InChI is InChI=1S/C14H22ClN3O/c1-11-4-6-18(7-5-11)10-13(19)9-17-14-3-2-12(15)8-16-14/h2-3,8,11,13,19H,4-7,9-10H2,1H3,(H,16,17)/t13-/m0/s1. The lowest BCUT2D eigenvalue weighted by Gasteiger charge is -2.31. The van der Waals surface area contributed by atoms with Crippen LogP contribution in [0.5, 0.6) is 0 Å². The summed E-state index contributed by atoms with van der Waals surface area (Å²) < 4.78 is 0. The molecule has 5 heteroatoms. The number of nitrogens with one attached hydrogen (secondary N) is 1. The molecule has 2 N–H and O–H groups in total. The first kappa shape index (κ1) is 14.6. The number of pyridine rings is 1. The van der Waals surface area contributed by atoms with Gasteiger partial charge in [-0.25, -0.2) is 4.98 Å². The van der Waals surface area contributed by atoms with Crippen LogP contribution in [0.4, 0.5) is 5.82 Å². The van der Waals surface area contributed by atoms with Crippen molar-refractivity contribution >= 4 is 17.4 Å². The van der Waals surface area contributed by atoms with E-state index in [2.05, 4.69) is 22.1 Å². The van der Waals surface area contributed by atoms with Gasteiger partial charge in [-0.05, 0) is 44.0 Å². The highest BCUT2D eigenvalue weighted by atomic mass is 35.5. The number of β-amino-alcohol motifs (C(OH)–C–C–N with tert-alkyl or cyclic N) is 1. The molecule has 4 nitrogen and oxygen atoms in total. The molecule has 0 aromatic carbocycles. The molecule has 106 valence electrons. The van der Waals surface area contributed by atoms with Gasteiger partial charge in [-0.1, -0.05) is 18.5 Å². The maximum absolute atomic E-state index is 10.0. The second-order valence-electron chi connectivity index (χ2n) is 5.38. The second kappa shape index (κ2) is 7.08. The molecule has 1 fully saturated rings. The van der Waals surface area contributed by atoms with E-state index in [1.807, 2.05) is 6.07 Å². The van der Waals surface area contributed by atoms with Gasteiger partial charge < -0.3 is 15.3 Å². The highest BCUT2D eigenvalue weighted by Gasteiger charge is 2.18. The van der Waals surface area contributed by atoms with Crippen LogP contribution in [0.2, 0.25) is 5.02 Å². The summed E-state index contributed by atoms with van der Waals surface area (Å²) in [4.78, 5) is 6.47. The minimum atomic E-state index is -0.370. The summed E-state index contributed by atoms with van der Waals surface area (Å²) in [6, 6.07) is 3.60. The molecule has 2 rings (SSSR count). The first-order valence-corrected chi connectivity index (χ1v) is 7.27. The van der Waals surface area contributed by atoms with Gasteiger partial charge in [0.25, 0.3) is 0 Å². The monoisotopic (exact) mass is 283 g/mol. The molecule has 0 amide bonds. The van der Waals surface area contributed by atoms with Crippen LogP contribution >= 0.6 is 11.6 Å². The lowest BCUT2D eigenvalue weighted by molar-refractivity contribution is 0.0989. The molecular formula is C14H22ClN3O. The Kier molecular flexibility index (Phi) is 5.43. The second-order valence-corrected chi connectivity index (χ2v) is 5.82. The maximum Gasteiger partial charge on any atom is 0.126 e. The van der Waals surface area contributed by atoms with E-state index in [0.717, 1.165) is 31.4 Å². The van der Waals surface area contributed by atoms with E-state index < -0.39 is 0 Å². The number of likely N-dealkylation sites (tertiary alicyclic amines) is 1. The first-order chi connectivity index (χ1) is 9.13. The fourth-order valence-electron chi connectivity index (χ4n) is 2.31. The van der Waals surface area contributed by atoms with Crippen LogP contribution in [-0.4, -0.2) is 47.3 Å². The zero-order valence-electron chi connectivity index (χ0n) is 11.3. The molecule has 0 aliphatic carbocycles. The number of hydrogen-bond donors (Lipinski definition) is 2. The number of nitrogens with zero attached hydrogens (tertiary/aromatic N) is 2. The Morgan fingerprint density at radius 2 is 2.21 bits per heavy atom. The molecule has 0 radical (unpaired) electrons. The van der Waals surface area contributed by atoms with Gasteiger partial charge in [0.15, 0.2) is 0 Å². The van der Waals surface area contributed by atoms with E-state index in [1.54, 1.807) is 12.3 Å². The van der Waals surface area contributed by atoms with Crippen LogP contribution < -0.4 is 5.32 Å². The van der Waals surface area contributed by atoms with Crippen molar-refractivity contribution in [1.82, 2.24) is 9.88 Å². The summed E-state index contributed by atoms with van der Waals surface area (Å²) in [6.45, 7) is 5.73. The van der Waals surface area contributed by atoms with Crippen LogP contribution in [0.15, 0.2) is 18.3 Å². The summed E-state index contributed by atoms with van der Waals surface area (Å²) in [6.07, 6.45) is 3.70. The van der Waals surface area contributed by atoms with Crippen molar-refractivity contribution in [3.05, 3.63) is 23.4 Å². The zero-order valence-corrected chi connectivity index (χ0v) is 12.1. The van der Waals surface area contributed by atoms with Crippen molar-refractivity contribution in [2.75, 3.05) is 31.5 Å². The van der Waals surface area contributed by atoms with E-state index >= 15 is 0 Å². The number of aromatic nitrogens is 1.